The molecule has 2 aromatic carbocycles. The summed E-state index contributed by atoms with van der Waals surface area (Å²) in [4.78, 5) is 34.2. The van der Waals surface area contributed by atoms with E-state index in [4.69, 9.17) is 0 Å². The zero-order valence-electron chi connectivity index (χ0n) is 32.3. The highest BCUT2D eigenvalue weighted by molar-refractivity contribution is 14.1. The fourth-order valence-corrected chi connectivity index (χ4v) is 7.26. The van der Waals surface area contributed by atoms with Crippen LogP contribution in [0.25, 0.3) is 23.0 Å². The van der Waals surface area contributed by atoms with Gasteiger partial charge >= 0.3 is 0 Å². The van der Waals surface area contributed by atoms with Crippen LogP contribution in [-0.2, 0) is 32.8 Å². The number of amides is 2. The molecule has 0 aliphatic heterocycles. The van der Waals surface area contributed by atoms with E-state index in [2.05, 4.69) is 63.6 Å². The molecule has 6 aromatic heterocycles. The molecule has 0 spiro atoms. The largest absolute Gasteiger partial charge is 0.347 e. The van der Waals surface area contributed by atoms with Crippen molar-refractivity contribution in [2.45, 2.75) is 22.9 Å². The number of benzene rings is 2. The van der Waals surface area contributed by atoms with E-state index in [1.807, 2.05) is 6.20 Å². The number of halogens is 1. The fraction of sp³-hybridized carbons (Fsp3) is 0.100. The topological polar surface area (TPSA) is 224 Å². The van der Waals surface area contributed by atoms with E-state index in [1.54, 1.807) is 129 Å². The van der Waals surface area contributed by atoms with Crippen molar-refractivity contribution in [2.75, 3.05) is 12.5 Å². The number of nitrogens with zero attached hydrogens (tertiary/aromatic N) is 10. The van der Waals surface area contributed by atoms with Crippen LogP contribution >= 0.6 is 22.6 Å². The molecule has 0 radical (unpaired) electrons. The van der Waals surface area contributed by atoms with E-state index >= 15 is 0 Å². The SMILES string of the molecule is CS(=O)(=O)c1ccc(-n2cc(CNC(=O)c3cccc(-n4cc(I)cn4)n3)cn2)cc1.CS(=O)(=O)c1ccc(-n2cc(CNC(=O)c3cccc(-n4cccn4)n3)cn2)cc1. The highest BCUT2D eigenvalue weighted by atomic mass is 127. The molecule has 61 heavy (non-hydrogen) atoms. The number of hydrogen-bond donors (Lipinski definition) is 2. The van der Waals surface area contributed by atoms with Crippen molar-refractivity contribution in [2.24, 2.45) is 0 Å². The van der Waals surface area contributed by atoms with E-state index in [-0.39, 0.29) is 46.1 Å². The maximum absolute atomic E-state index is 12.5. The minimum atomic E-state index is -3.25. The fourth-order valence-electron chi connectivity index (χ4n) is 5.61. The highest BCUT2D eigenvalue weighted by Crippen LogP contribution is 2.16. The summed E-state index contributed by atoms with van der Waals surface area (Å²) in [5.74, 6) is 0.488. The summed E-state index contributed by atoms with van der Waals surface area (Å²) < 4.78 is 53.7. The third-order valence-corrected chi connectivity index (χ3v) is 11.5. The number of pyridine rings is 2. The molecular weight excluding hydrogens is 936 g/mol. The molecule has 0 aliphatic rings. The Bertz CT molecular complexity index is 3040. The van der Waals surface area contributed by atoms with Gasteiger partial charge in [0.1, 0.15) is 11.4 Å². The van der Waals surface area contributed by atoms with Gasteiger partial charge in [-0.3, -0.25) is 9.59 Å². The van der Waals surface area contributed by atoms with Crippen molar-refractivity contribution in [1.29, 1.82) is 0 Å². The number of aromatic nitrogens is 10. The normalized spacial score (nSPS) is 11.4. The predicted molar refractivity (Wildman–Crippen MR) is 231 cm³/mol. The molecule has 8 rings (SSSR count). The summed E-state index contributed by atoms with van der Waals surface area (Å²) in [6.07, 6.45) is 16.1. The van der Waals surface area contributed by atoms with Crippen LogP contribution < -0.4 is 10.6 Å². The summed E-state index contributed by atoms with van der Waals surface area (Å²) >= 11 is 2.16. The first kappa shape index (κ1) is 42.3. The summed E-state index contributed by atoms with van der Waals surface area (Å²) in [5.41, 5.74) is 3.58. The van der Waals surface area contributed by atoms with E-state index in [9.17, 15) is 26.4 Å². The first-order valence-corrected chi connectivity index (χ1v) is 22.9. The van der Waals surface area contributed by atoms with Crippen molar-refractivity contribution < 1.29 is 26.4 Å². The lowest BCUT2D eigenvalue weighted by Gasteiger charge is -2.05. The van der Waals surface area contributed by atoms with Crippen LogP contribution in [0.2, 0.25) is 0 Å². The zero-order valence-corrected chi connectivity index (χ0v) is 36.1. The van der Waals surface area contributed by atoms with Gasteiger partial charge in [0.25, 0.3) is 11.8 Å². The molecule has 0 saturated heterocycles. The van der Waals surface area contributed by atoms with Crippen LogP contribution in [0.1, 0.15) is 32.1 Å². The van der Waals surface area contributed by atoms with Crippen LogP contribution in [0, 0.1) is 3.57 Å². The number of carbonyl (C=O) groups excluding carboxylic acids is 2. The van der Waals surface area contributed by atoms with Crippen molar-refractivity contribution in [3.05, 3.63) is 167 Å². The van der Waals surface area contributed by atoms with Crippen LogP contribution in [0.3, 0.4) is 0 Å². The Morgan fingerprint density at radius 2 is 1.02 bits per heavy atom. The monoisotopic (exact) mass is 970 g/mol. The van der Waals surface area contributed by atoms with Gasteiger partial charge in [0, 0.05) is 67.7 Å². The lowest BCUT2D eigenvalue weighted by atomic mass is 10.3. The van der Waals surface area contributed by atoms with Gasteiger partial charge in [-0.25, -0.2) is 45.5 Å². The van der Waals surface area contributed by atoms with Gasteiger partial charge < -0.3 is 10.6 Å². The number of carbonyl (C=O) groups is 2. The van der Waals surface area contributed by atoms with Gasteiger partial charge in [0.2, 0.25) is 0 Å². The first-order valence-electron chi connectivity index (χ1n) is 18.1. The molecule has 310 valence electrons. The Balaban J connectivity index is 0.000000184. The molecule has 0 unspecified atom stereocenters. The first-order chi connectivity index (χ1) is 29.2. The Hall–Kier alpha value is -6.85. The van der Waals surface area contributed by atoms with E-state index < -0.39 is 19.7 Å². The quantitative estimate of drug-likeness (QED) is 0.165. The standard InChI is InChI=1S/C20H17IN6O3S.C20H18N6O3S/c1-31(29,30)17-7-5-16(6-8-17)26-12-14(10-23-26)9-22-20(28)18-3-2-4-19(25-18)27-13-15(21)11-24-27;1-30(28,29)17-8-6-16(7-9-17)26-14-15(13-23-26)12-21-20(27)18-4-2-5-19(24-18)25-11-3-10-22-25/h2-8,10-13H,9H2,1H3,(H,22,28);2-11,13-14H,12H2,1H3,(H,21,27). The van der Waals surface area contributed by atoms with Gasteiger partial charge in [-0.1, -0.05) is 12.1 Å². The number of hydrogen-bond acceptors (Lipinski definition) is 12. The Morgan fingerprint density at radius 3 is 1.43 bits per heavy atom. The van der Waals surface area contributed by atoms with E-state index in [0.717, 1.165) is 27.2 Å². The molecule has 6 heterocycles. The number of rotatable bonds is 12. The van der Waals surface area contributed by atoms with Crippen molar-refractivity contribution >= 4 is 54.1 Å². The second-order valence-corrected chi connectivity index (χ2v) is 18.6. The third-order valence-electron chi connectivity index (χ3n) is 8.70. The van der Waals surface area contributed by atoms with Gasteiger partial charge in [-0.05, 0) is 101 Å². The number of nitrogens with one attached hydrogen (secondary N) is 2. The summed E-state index contributed by atoms with van der Waals surface area (Å²) in [7, 11) is -6.50. The molecule has 21 heteroatoms. The van der Waals surface area contributed by atoms with Gasteiger partial charge in [-0.15, -0.1) is 0 Å². The minimum absolute atomic E-state index is 0.246. The molecular formula is C40H35IN12O6S2. The van der Waals surface area contributed by atoms with Crippen LogP contribution in [0.15, 0.2) is 150 Å². The molecule has 18 nitrogen and oxygen atoms in total. The second-order valence-electron chi connectivity index (χ2n) is 13.3. The molecule has 2 N–H and O–H groups in total. The average Bonchev–Trinajstić information content (AvgIpc) is 4.11. The lowest BCUT2D eigenvalue weighted by Crippen LogP contribution is -2.24. The molecule has 8 aromatic rings. The molecule has 0 aliphatic carbocycles. The smallest absolute Gasteiger partial charge is 0.270 e. The maximum Gasteiger partial charge on any atom is 0.270 e. The lowest BCUT2D eigenvalue weighted by molar-refractivity contribution is 0.0938. The third kappa shape index (κ3) is 10.9. The maximum atomic E-state index is 12.5. The van der Waals surface area contributed by atoms with Gasteiger partial charge in [0.15, 0.2) is 31.3 Å². The second kappa shape index (κ2) is 18.2. The predicted octanol–water partition coefficient (Wildman–Crippen LogP) is 4.18. The summed E-state index contributed by atoms with van der Waals surface area (Å²) in [6.45, 7) is 0.541. The van der Waals surface area contributed by atoms with E-state index in [0.29, 0.717) is 23.0 Å². The molecule has 0 fully saturated rings. The van der Waals surface area contributed by atoms with Crippen LogP contribution in [-0.4, -0.2) is 90.3 Å². The summed E-state index contributed by atoms with van der Waals surface area (Å²) in [6, 6.07) is 24.9. The van der Waals surface area contributed by atoms with Crippen LogP contribution in [0.4, 0.5) is 0 Å². The Kier molecular flexibility index (Phi) is 12.6. The van der Waals surface area contributed by atoms with Crippen molar-refractivity contribution in [3.8, 4) is 23.0 Å². The van der Waals surface area contributed by atoms with Gasteiger partial charge in [0.05, 0.1) is 43.3 Å². The van der Waals surface area contributed by atoms with E-state index in [1.165, 1.54) is 24.3 Å². The molecule has 2 amide bonds. The Morgan fingerprint density at radius 1 is 0.557 bits per heavy atom. The van der Waals surface area contributed by atoms with Crippen LogP contribution in [0.5, 0.6) is 0 Å². The van der Waals surface area contributed by atoms with Crippen molar-refractivity contribution in [3.63, 3.8) is 0 Å². The zero-order chi connectivity index (χ0) is 43.1. The van der Waals surface area contributed by atoms with Gasteiger partial charge in [-0.2, -0.15) is 20.4 Å². The average molecular weight is 971 g/mol. The molecule has 0 bridgehead atoms. The number of sulfone groups is 2. The highest BCUT2D eigenvalue weighted by Gasteiger charge is 2.13. The Labute approximate surface area is 363 Å². The molecule has 0 saturated carbocycles. The minimum Gasteiger partial charge on any atom is -0.347 e. The summed E-state index contributed by atoms with van der Waals surface area (Å²) in [5, 5.41) is 22.5. The molecule has 0 atom stereocenters. The van der Waals surface area contributed by atoms with Crippen molar-refractivity contribution in [1.82, 2.24) is 59.7 Å².